The molecule has 0 spiro atoms. The third-order valence-corrected chi connectivity index (χ3v) is 4.38. The molecule has 0 aliphatic rings. The second-order valence-electron chi connectivity index (χ2n) is 4.78. The molecule has 2 rings (SSSR count). The van der Waals surface area contributed by atoms with Gasteiger partial charge in [0.25, 0.3) is 0 Å². The van der Waals surface area contributed by atoms with E-state index < -0.39 is 0 Å². The van der Waals surface area contributed by atoms with Crippen molar-refractivity contribution in [2.75, 3.05) is 11.5 Å². The van der Waals surface area contributed by atoms with E-state index >= 15 is 0 Å². The van der Waals surface area contributed by atoms with Gasteiger partial charge < -0.3 is 5.32 Å². The van der Waals surface area contributed by atoms with Gasteiger partial charge in [0.1, 0.15) is 0 Å². The van der Waals surface area contributed by atoms with Crippen molar-refractivity contribution in [3.05, 3.63) is 64.9 Å². The van der Waals surface area contributed by atoms with Crippen molar-refractivity contribution in [2.24, 2.45) is 0 Å². The fourth-order valence-electron chi connectivity index (χ4n) is 2.11. The summed E-state index contributed by atoms with van der Waals surface area (Å²) in [5.41, 5.74) is 2.01. The molecule has 2 aromatic rings. The quantitative estimate of drug-likeness (QED) is 0.776. The molecule has 0 bridgehead atoms. The van der Waals surface area contributed by atoms with E-state index in [-0.39, 0.29) is 11.9 Å². The second-order valence-corrected chi connectivity index (χ2v) is 6.61. The monoisotopic (exact) mass is 334 g/mol. The minimum Gasteiger partial charge on any atom is -0.345 e. The number of halogens is 1. The number of nitrogens with zero attached hydrogens (tertiary/aromatic N) is 1. The highest BCUT2D eigenvalue weighted by Gasteiger charge is 2.16. The summed E-state index contributed by atoms with van der Waals surface area (Å²) in [6.45, 7) is 2.09. The first-order chi connectivity index (χ1) is 10.7. The number of hydrogen-bond donors (Lipinski definition) is 1. The molecule has 1 amide bonds. The largest absolute Gasteiger partial charge is 0.345 e. The van der Waals surface area contributed by atoms with Crippen LogP contribution in [0.25, 0.3) is 0 Å². The number of rotatable bonds is 7. The molecule has 1 heterocycles. The van der Waals surface area contributed by atoms with Crippen LogP contribution in [0.4, 0.5) is 0 Å². The average molecular weight is 335 g/mol. The Balaban J connectivity index is 2.15. The smallest absolute Gasteiger partial charge is 0.221 e. The lowest BCUT2D eigenvalue weighted by Gasteiger charge is -2.20. The molecule has 0 aliphatic carbocycles. The van der Waals surface area contributed by atoms with E-state index in [2.05, 4.69) is 17.2 Å². The van der Waals surface area contributed by atoms with Gasteiger partial charge in [-0.05, 0) is 41.1 Å². The van der Waals surface area contributed by atoms with E-state index in [1.807, 2.05) is 36.4 Å². The van der Waals surface area contributed by atoms with Gasteiger partial charge in [0.2, 0.25) is 5.91 Å². The van der Waals surface area contributed by atoms with Crippen molar-refractivity contribution < 1.29 is 4.79 Å². The number of aromatic nitrogens is 1. The Morgan fingerprint density at radius 3 is 2.45 bits per heavy atom. The van der Waals surface area contributed by atoms with Crippen LogP contribution in [-0.4, -0.2) is 22.4 Å². The van der Waals surface area contributed by atoms with Crippen LogP contribution in [0.3, 0.4) is 0 Å². The molecule has 0 unspecified atom stereocenters. The highest BCUT2D eigenvalue weighted by molar-refractivity contribution is 7.99. The van der Waals surface area contributed by atoms with E-state index in [0.29, 0.717) is 11.4 Å². The fourth-order valence-corrected chi connectivity index (χ4v) is 2.86. The van der Waals surface area contributed by atoms with Crippen molar-refractivity contribution in [1.29, 1.82) is 0 Å². The van der Waals surface area contributed by atoms with Crippen LogP contribution in [0.2, 0.25) is 5.02 Å². The average Bonchev–Trinajstić information content (AvgIpc) is 2.55. The molecule has 116 valence electrons. The van der Waals surface area contributed by atoms with Gasteiger partial charge in [-0.15, -0.1) is 0 Å². The SMILES string of the molecule is CCSCCC(=O)N[C@@H](c1ccncc1)c1ccc(Cl)cc1. The van der Waals surface area contributed by atoms with Gasteiger partial charge in [0, 0.05) is 29.6 Å². The van der Waals surface area contributed by atoms with E-state index in [4.69, 9.17) is 11.6 Å². The lowest BCUT2D eigenvalue weighted by atomic mass is 9.99. The van der Waals surface area contributed by atoms with Crippen LogP contribution in [0.1, 0.15) is 30.5 Å². The molecule has 5 heteroatoms. The summed E-state index contributed by atoms with van der Waals surface area (Å²) in [4.78, 5) is 16.2. The van der Waals surface area contributed by atoms with Gasteiger partial charge in [0.15, 0.2) is 0 Å². The summed E-state index contributed by atoms with van der Waals surface area (Å²) >= 11 is 7.72. The minimum atomic E-state index is -0.181. The molecular formula is C17H19ClN2OS. The summed E-state index contributed by atoms with van der Waals surface area (Å²) in [5, 5.41) is 3.79. The van der Waals surface area contributed by atoms with E-state index in [1.165, 1.54) is 0 Å². The van der Waals surface area contributed by atoms with Crippen LogP contribution >= 0.6 is 23.4 Å². The van der Waals surface area contributed by atoms with Crippen LogP contribution in [-0.2, 0) is 4.79 Å². The summed E-state index contributed by atoms with van der Waals surface area (Å²) in [5.74, 6) is 1.92. The van der Waals surface area contributed by atoms with Gasteiger partial charge in [-0.2, -0.15) is 11.8 Å². The van der Waals surface area contributed by atoms with Crippen molar-refractivity contribution in [3.63, 3.8) is 0 Å². The zero-order valence-corrected chi connectivity index (χ0v) is 14.0. The molecule has 1 atom stereocenters. The summed E-state index contributed by atoms with van der Waals surface area (Å²) in [6.07, 6.45) is 3.99. The highest BCUT2D eigenvalue weighted by Crippen LogP contribution is 2.23. The molecule has 0 radical (unpaired) electrons. The number of carbonyl (C=O) groups is 1. The number of pyridine rings is 1. The maximum absolute atomic E-state index is 12.2. The topological polar surface area (TPSA) is 42.0 Å². The molecular weight excluding hydrogens is 316 g/mol. The van der Waals surface area contributed by atoms with Gasteiger partial charge in [-0.25, -0.2) is 0 Å². The Bertz CT molecular complexity index is 589. The van der Waals surface area contributed by atoms with Gasteiger partial charge >= 0.3 is 0 Å². The van der Waals surface area contributed by atoms with Crippen molar-refractivity contribution in [3.8, 4) is 0 Å². The number of nitrogens with one attached hydrogen (secondary N) is 1. The Morgan fingerprint density at radius 1 is 1.18 bits per heavy atom. The normalized spacial score (nSPS) is 11.9. The predicted octanol–water partition coefficient (Wildman–Crippen LogP) is 4.08. The number of carbonyl (C=O) groups excluding carboxylic acids is 1. The summed E-state index contributed by atoms with van der Waals surface area (Å²) < 4.78 is 0. The first-order valence-corrected chi connectivity index (χ1v) is 8.76. The molecule has 0 fully saturated rings. The van der Waals surface area contributed by atoms with Crippen LogP contribution in [0.5, 0.6) is 0 Å². The van der Waals surface area contributed by atoms with Crippen molar-refractivity contribution in [1.82, 2.24) is 10.3 Å². The zero-order chi connectivity index (χ0) is 15.8. The third kappa shape index (κ3) is 5.04. The van der Waals surface area contributed by atoms with Crippen molar-refractivity contribution >= 4 is 29.3 Å². The molecule has 0 saturated carbocycles. The van der Waals surface area contributed by atoms with Gasteiger partial charge in [0.05, 0.1) is 6.04 Å². The Hall–Kier alpha value is -1.52. The number of hydrogen-bond acceptors (Lipinski definition) is 3. The van der Waals surface area contributed by atoms with Crippen LogP contribution < -0.4 is 5.32 Å². The molecule has 0 aliphatic heterocycles. The molecule has 22 heavy (non-hydrogen) atoms. The van der Waals surface area contributed by atoms with E-state index in [9.17, 15) is 4.79 Å². The maximum atomic E-state index is 12.2. The number of amides is 1. The molecule has 0 saturated heterocycles. The predicted molar refractivity (Wildman–Crippen MR) is 93.3 cm³/mol. The lowest BCUT2D eigenvalue weighted by molar-refractivity contribution is -0.121. The number of benzene rings is 1. The van der Waals surface area contributed by atoms with E-state index in [0.717, 1.165) is 22.6 Å². The van der Waals surface area contributed by atoms with Crippen LogP contribution in [0, 0.1) is 0 Å². The molecule has 1 aromatic carbocycles. The van der Waals surface area contributed by atoms with Crippen molar-refractivity contribution in [2.45, 2.75) is 19.4 Å². The Kier molecular flexibility index (Phi) is 6.74. The Morgan fingerprint density at radius 2 is 1.82 bits per heavy atom. The first kappa shape index (κ1) is 16.8. The lowest BCUT2D eigenvalue weighted by Crippen LogP contribution is -2.29. The third-order valence-electron chi connectivity index (χ3n) is 3.23. The van der Waals surface area contributed by atoms with E-state index in [1.54, 1.807) is 24.2 Å². The standard InChI is InChI=1S/C17H19ClN2OS/c1-2-22-12-9-16(21)20-17(14-7-10-19-11-8-14)13-3-5-15(18)6-4-13/h3-8,10-11,17H,2,9,12H2,1H3,(H,20,21)/t17-/m1/s1. The second kappa shape index (κ2) is 8.81. The zero-order valence-electron chi connectivity index (χ0n) is 12.5. The molecule has 3 nitrogen and oxygen atoms in total. The maximum Gasteiger partial charge on any atom is 0.221 e. The minimum absolute atomic E-state index is 0.0534. The number of thioether (sulfide) groups is 1. The highest BCUT2D eigenvalue weighted by atomic mass is 35.5. The summed E-state index contributed by atoms with van der Waals surface area (Å²) in [7, 11) is 0. The molecule has 1 aromatic heterocycles. The molecule has 1 N–H and O–H groups in total. The summed E-state index contributed by atoms with van der Waals surface area (Å²) in [6, 6.07) is 11.2. The van der Waals surface area contributed by atoms with Gasteiger partial charge in [-0.3, -0.25) is 9.78 Å². The first-order valence-electron chi connectivity index (χ1n) is 7.23. The Labute approximate surface area is 140 Å². The fraction of sp³-hybridized carbons (Fsp3) is 0.294. The van der Waals surface area contributed by atoms with Gasteiger partial charge in [-0.1, -0.05) is 30.7 Å². The van der Waals surface area contributed by atoms with Crippen LogP contribution in [0.15, 0.2) is 48.8 Å².